The van der Waals surface area contributed by atoms with Gasteiger partial charge in [0.1, 0.15) is 0 Å². The van der Waals surface area contributed by atoms with Crippen molar-refractivity contribution >= 4 is 7.25 Å². The molecule has 0 atom stereocenters. The average molecular weight is 276 g/mol. The first-order chi connectivity index (χ1) is 8.45. The van der Waals surface area contributed by atoms with Crippen LogP contribution in [0.1, 0.15) is 0 Å². The maximum atomic E-state index is 9.75. The number of halogens is 5. The fraction of sp³-hybridized carbons (Fsp3) is 0. The second kappa shape index (κ2) is 7.06. The van der Waals surface area contributed by atoms with E-state index in [2.05, 4.69) is 35.1 Å². The molecule has 0 heterocycles. The Hall–Kier alpha value is -1.49. The van der Waals surface area contributed by atoms with Gasteiger partial charge in [-0.2, -0.15) is 0 Å². The second-order valence-corrected chi connectivity index (χ2v) is 4.24. The predicted octanol–water partition coefficient (Wildman–Crippen LogP) is 4.60. The van der Waals surface area contributed by atoms with E-state index in [9.17, 15) is 17.3 Å². The molecule has 0 saturated carbocycles. The quantitative estimate of drug-likeness (QED) is 0.555. The van der Waals surface area contributed by atoms with Gasteiger partial charge in [0.15, 0.2) is 0 Å². The molecule has 18 heavy (non-hydrogen) atoms. The summed E-state index contributed by atoms with van der Waals surface area (Å²) in [6, 6.07) is 20.6. The first kappa shape index (κ1) is 14.6. The SMILES string of the molecule is F[B-](F)(F)F.c1ccc([Cl+]c2ccccc2)cc1. The lowest BCUT2D eigenvalue weighted by Gasteiger charge is -1.94. The Bertz CT molecular complexity index is 401. The lowest BCUT2D eigenvalue weighted by Crippen LogP contribution is -2.02. The highest BCUT2D eigenvalue weighted by Crippen LogP contribution is 2.13. The average Bonchev–Trinajstić information content (AvgIpc) is 2.29. The summed E-state index contributed by atoms with van der Waals surface area (Å²) in [5.41, 5.74) is 0. The number of rotatable bonds is 2. The fourth-order valence-electron chi connectivity index (χ4n) is 1.08. The number of benzene rings is 2. The minimum atomic E-state index is -6.00. The van der Waals surface area contributed by atoms with Crippen LogP contribution in [0.5, 0.6) is 0 Å². The maximum absolute atomic E-state index is 9.75. The summed E-state index contributed by atoms with van der Waals surface area (Å²) in [7, 11) is -3.71. The standard InChI is InChI=1S/C12H10Cl.BF4/c1-3-7-11(8-4-1)13-12-9-5-2-6-10-12;2-1(3,4)5/h1-10H;/q+1;-1. The van der Waals surface area contributed by atoms with Crippen molar-refractivity contribution in [1.29, 1.82) is 0 Å². The van der Waals surface area contributed by atoms with E-state index in [1.54, 1.807) is 0 Å². The van der Waals surface area contributed by atoms with Gasteiger partial charge >= 0.3 is 7.25 Å². The van der Waals surface area contributed by atoms with Gasteiger partial charge in [-0.05, 0) is 0 Å². The van der Waals surface area contributed by atoms with Gasteiger partial charge in [0.25, 0.3) is 0 Å². The van der Waals surface area contributed by atoms with E-state index in [-0.39, 0.29) is 0 Å². The Morgan fingerprint density at radius 2 is 0.889 bits per heavy atom. The lowest BCUT2D eigenvalue weighted by atomic mass is 10.3. The molecule has 6 heteroatoms. The molecular formula is C12H10BClF4. The summed E-state index contributed by atoms with van der Waals surface area (Å²) < 4.78 is 39.0. The van der Waals surface area contributed by atoms with Gasteiger partial charge in [0.2, 0.25) is 20.8 Å². The molecule has 0 aliphatic carbocycles. The van der Waals surface area contributed by atoms with E-state index in [4.69, 9.17) is 0 Å². The molecule has 0 spiro atoms. The molecule has 2 rings (SSSR count). The van der Waals surface area contributed by atoms with E-state index < -0.39 is 7.25 Å². The van der Waals surface area contributed by atoms with Crippen LogP contribution >= 0.6 is 0 Å². The van der Waals surface area contributed by atoms with Crippen molar-refractivity contribution in [2.45, 2.75) is 0 Å². The van der Waals surface area contributed by atoms with Crippen molar-refractivity contribution < 1.29 is 28.1 Å². The smallest absolute Gasteiger partial charge is 0.418 e. The van der Waals surface area contributed by atoms with Gasteiger partial charge < -0.3 is 17.3 Å². The van der Waals surface area contributed by atoms with Crippen molar-refractivity contribution in [1.82, 2.24) is 0 Å². The molecule has 0 saturated heterocycles. The van der Waals surface area contributed by atoms with Gasteiger partial charge in [-0.1, -0.05) is 36.4 Å². The Kier molecular flexibility index (Phi) is 5.72. The Morgan fingerprint density at radius 1 is 0.611 bits per heavy atom. The van der Waals surface area contributed by atoms with Crippen molar-refractivity contribution in [2.24, 2.45) is 0 Å². The normalized spacial score (nSPS) is 10.4. The van der Waals surface area contributed by atoms with Crippen molar-refractivity contribution in [2.75, 3.05) is 0 Å². The van der Waals surface area contributed by atoms with Crippen LogP contribution in [0.25, 0.3) is 0 Å². The van der Waals surface area contributed by atoms with Crippen molar-refractivity contribution in [3.8, 4) is 0 Å². The zero-order chi connectivity index (χ0) is 13.4. The van der Waals surface area contributed by atoms with Gasteiger partial charge in [0.05, 0.1) is 0 Å². The summed E-state index contributed by atoms with van der Waals surface area (Å²) in [4.78, 5) is 0. The molecular weight excluding hydrogens is 266 g/mol. The van der Waals surface area contributed by atoms with Crippen LogP contribution in [0.3, 0.4) is 0 Å². The van der Waals surface area contributed by atoms with Crippen LogP contribution in [0.4, 0.5) is 17.3 Å². The first-order valence-electron chi connectivity index (χ1n) is 5.07. The fourth-order valence-corrected chi connectivity index (χ4v) is 1.88. The van der Waals surface area contributed by atoms with Crippen molar-refractivity contribution in [3.05, 3.63) is 70.7 Å². The minimum Gasteiger partial charge on any atom is -0.418 e. The van der Waals surface area contributed by atoms with Crippen LogP contribution in [-0.2, 0) is 0 Å². The van der Waals surface area contributed by atoms with Gasteiger partial charge in [-0.25, -0.2) is 0 Å². The lowest BCUT2D eigenvalue weighted by molar-refractivity contribution is -0.535. The van der Waals surface area contributed by atoms with Crippen LogP contribution in [-0.4, -0.2) is 7.25 Å². The van der Waals surface area contributed by atoms with Gasteiger partial charge in [-0.3, -0.25) is 0 Å². The highest BCUT2D eigenvalue weighted by atomic mass is 35.5. The highest BCUT2D eigenvalue weighted by Gasteiger charge is 2.20. The van der Waals surface area contributed by atoms with Crippen LogP contribution in [0.15, 0.2) is 60.7 Å². The summed E-state index contributed by atoms with van der Waals surface area (Å²) in [6.07, 6.45) is 0. The molecule has 0 aliphatic heterocycles. The third-order valence-electron chi connectivity index (χ3n) is 1.68. The zero-order valence-electron chi connectivity index (χ0n) is 9.24. The van der Waals surface area contributed by atoms with E-state index in [0.717, 1.165) is 0 Å². The second-order valence-electron chi connectivity index (χ2n) is 3.18. The molecule has 2 aromatic carbocycles. The molecule has 0 nitrogen and oxygen atoms in total. The molecule has 0 aromatic heterocycles. The van der Waals surface area contributed by atoms with E-state index in [0.29, 0.717) is 0 Å². The van der Waals surface area contributed by atoms with E-state index >= 15 is 0 Å². The first-order valence-corrected chi connectivity index (χ1v) is 5.83. The molecule has 0 aliphatic rings. The third kappa shape index (κ3) is 7.73. The molecule has 2 aromatic rings. The van der Waals surface area contributed by atoms with Gasteiger partial charge in [0, 0.05) is 24.3 Å². The number of hydrogen-bond donors (Lipinski definition) is 0. The molecule has 0 bridgehead atoms. The zero-order valence-corrected chi connectivity index (χ0v) is 10.00. The Morgan fingerprint density at radius 3 is 1.17 bits per heavy atom. The molecule has 0 radical (unpaired) electrons. The van der Waals surface area contributed by atoms with E-state index in [1.807, 2.05) is 36.4 Å². The van der Waals surface area contributed by atoms with E-state index in [1.165, 1.54) is 10.0 Å². The molecule has 96 valence electrons. The predicted molar refractivity (Wildman–Crippen MR) is 61.4 cm³/mol. The molecule has 0 unspecified atom stereocenters. The third-order valence-corrected chi connectivity index (χ3v) is 2.62. The maximum Gasteiger partial charge on any atom is 0.673 e. The largest absolute Gasteiger partial charge is 0.673 e. The van der Waals surface area contributed by atoms with Crippen LogP contribution in [0.2, 0.25) is 10.0 Å². The van der Waals surface area contributed by atoms with Crippen LogP contribution < -0.4 is 0 Å². The topological polar surface area (TPSA) is 0 Å². The highest BCUT2D eigenvalue weighted by molar-refractivity contribution is 6.50. The summed E-state index contributed by atoms with van der Waals surface area (Å²) in [5.74, 6) is 0. The monoisotopic (exact) mass is 276 g/mol. The minimum absolute atomic E-state index is 1.23. The summed E-state index contributed by atoms with van der Waals surface area (Å²) in [5, 5.41) is 2.46. The Balaban J connectivity index is 0.000000280. The van der Waals surface area contributed by atoms with Gasteiger partial charge in [-0.15, -0.1) is 0 Å². The Labute approximate surface area is 106 Å². The summed E-state index contributed by atoms with van der Waals surface area (Å²) in [6.45, 7) is 0. The van der Waals surface area contributed by atoms with Crippen molar-refractivity contribution in [3.63, 3.8) is 0 Å². The number of hydrogen-bond acceptors (Lipinski definition) is 0. The molecule has 0 N–H and O–H groups in total. The molecule has 0 amide bonds. The summed E-state index contributed by atoms with van der Waals surface area (Å²) >= 11 is 0. The molecule has 0 fully saturated rings. The van der Waals surface area contributed by atoms with Crippen LogP contribution in [0, 0.1) is 10.8 Å².